The third-order valence-electron chi connectivity index (χ3n) is 5.83. The van der Waals surface area contributed by atoms with Gasteiger partial charge < -0.3 is 9.99 Å². The zero-order valence-electron chi connectivity index (χ0n) is 16.9. The monoisotopic (exact) mass is 444 g/mol. The Morgan fingerprint density at radius 3 is 2.78 bits per heavy atom. The van der Waals surface area contributed by atoms with Crippen molar-refractivity contribution in [2.75, 3.05) is 0 Å². The fraction of sp³-hybridized carbons (Fsp3) is 0.273. The van der Waals surface area contributed by atoms with Gasteiger partial charge in [-0.25, -0.2) is 9.37 Å². The van der Waals surface area contributed by atoms with Crippen molar-refractivity contribution < 1.29 is 17.6 Å². The van der Waals surface area contributed by atoms with E-state index in [1.807, 2.05) is 16.8 Å². The van der Waals surface area contributed by atoms with Crippen LogP contribution in [0.4, 0.5) is 17.6 Å². The second kappa shape index (κ2) is 7.94. The third kappa shape index (κ3) is 3.93. The van der Waals surface area contributed by atoms with E-state index in [4.69, 9.17) is 0 Å². The van der Waals surface area contributed by atoms with Crippen molar-refractivity contribution in [2.45, 2.75) is 37.9 Å². The number of aryl methyl sites for hydroxylation is 1. The first-order valence-electron chi connectivity index (χ1n) is 10.2. The summed E-state index contributed by atoms with van der Waals surface area (Å²) in [7, 11) is 0. The second-order valence-corrected chi connectivity index (χ2v) is 7.94. The van der Waals surface area contributed by atoms with Crippen molar-refractivity contribution in [2.24, 2.45) is 0 Å². The molecule has 0 saturated heterocycles. The number of aromatic nitrogens is 3. The Kier molecular flexibility index (Phi) is 5.09. The Morgan fingerprint density at radius 1 is 1.06 bits per heavy atom. The summed E-state index contributed by atoms with van der Waals surface area (Å²) in [6.07, 6.45) is 3.33. The molecule has 0 amide bonds. The smallest absolute Gasteiger partial charge is 0.336 e. The highest BCUT2D eigenvalue weighted by Crippen LogP contribution is 2.34. The summed E-state index contributed by atoms with van der Waals surface area (Å²) in [6, 6.07) is 8.03. The molecule has 3 N–H and O–H groups in total. The van der Waals surface area contributed by atoms with E-state index >= 15 is 0 Å². The average Bonchev–Trinajstić information content (AvgIpc) is 3.44. The number of rotatable bonds is 4. The SMILES string of the molecule is Fc1ccc2c(c1)CCCC2Cn1cnc(-c2cc(C3=C(C(F)(F)F)NNN3)ccn2)c1. The number of pyridine rings is 1. The van der Waals surface area contributed by atoms with Gasteiger partial charge in [-0.1, -0.05) is 6.07 Å². The molecule has 166 valence electrons. The predicted octanol–water partition coefficient (Wildman–Crippen LogP) is 4.05. The molecule has 5 rings (SSSR count). The summed E-state index contributed by atoms with van der Waals surface area (Å²) in [5.41, 5.74) is 9.46. The normalized spacial score (nSPS) is 18.3. The molecule has 0 spiro atoms. The van der Waals surface area contributed by atoms with Crippen LogP contribution in [0.3, 0.4) is 0 Å². The maximum atomic E-state index is 13.6. The van der Waals surface area contributed by atoms with Gasteiger partial charge >= 0.3 is 6.18 Å². The summed E-state index contributed by atoms with van der Waals surface area (Å²) in [5.74, 6) is 0.0336. The lowest BCUT2D eigenvalue weighted by molar-refractivity contribution is -0.0959. The molecule has 1 aromatic carbocycles. The van der Waals surface area contributed by atoms with Gasteiger partial charge in [-0.3, -0.25) is 10.4 Å². The molecule has 2 aromatic heterocycles. The second-order valence-electron chi connectivity index (χ2n) is 7.94. The van der Waals surface area contributed by atoms with Crippen LogP contribution in [-0.2, 0) is 13.0 Å². The summed E-state index contributed by atoms with van der Waals surface area (Å²) in [4.78, 5) is 8.69. The van der Waals surface area contributed by atoms with E-state index in [1.54, 1.807) is 18.5 Å². The van der Waals surface area contributed by atoms with Gasteiger partial charge in [0, 0.05) is 30.4 Å². The Hall–Kier alpha value is -3.40. The number of benzene rings is 1. The minimum absolute atomic E-state index is 0.105. The lowest BCUT2D eigenvalue weighted by Gasteiger charge is -2.25. The van der Waals surface area contributed by atoms with Crippen LogP contribution in [0.5, 0.6) is 0 Å². The molecule has 1 aliphatic heterocycles. The highest BCUT2D eigenvalue weighted by molar-refractivity contribution is 5.71. The Bertz CT molecular complexity index is 1180. The molecule has 0 bridgehead atoms. The number of hydrogen-bond donors (Lipinski definition) is 3. The van der Waals surface area contributed by atoms with Crippen molar-refractivity contribution in [3.05, 3.63) is 77.3 Å². The van der Waals surface area contributed by atoms with Gasteiger partial charge in [0.05, 0.1) is 17.7 Å². The first kappa shape index (κ1) is 20.5. The summed E-state index contributed by atoms with van der Waals surface area (Å²) < 4.78 is 55.2. The van der Waals surface area contributed by atoms with E-state index in [-0.39, 0.29) is 17.4 Å². The minimum Gasteiger partial charge on any atom is -0.336 e. The highest BCUT2D eigenvalue weighted by Gasteiger charge is 2.39. The molecule has 0 radical (unpaired) electrons. The molecule has 10 heteroatoms. The van der Waals surface area contributed by atoms with E-state index in [2.05, 4.69) is 26.4 Å². The average molecular weight is 444 g/mol. The number of alkyl halides is 3. The molecule has 32 heavy (non-hydrogen) atoms. The first-order chi connectivity index (χ1) is 15.4. The molecule has 3 heterocycles. The van der Waals surface area contributed by atoms with Crippen LogP contribution >= 0.6 is 0 Å². The number of hydrazine groups is 2. The van der Waals surface area contributed by atoms with Crippen LogP contribution in [-0.4, -0.2) is 20.7 Å². The molecule has 0 fully saturated rings. The molecule has 1 unspecified atom stereocenters. The van der Waals surface area contributed by atoms with Crippen LogP contribution in [0.25, 0.3) is 17.1 Å². The zero-order chi connectivity index (χ0) is 22.3. The lowest BCUT2D eigenvalue weighted by Crippen LogP contribution is -2.35. The van der Waals surface area contributed by atoms with E-state index < -0.39 is 11.9 Å². The number of fused-ring (bicyclic) bond motifs is 1. The van der Waals surface area contributed by atoms with Gasteiger partial charge in [0.1, 0.15) is 11.5 Å². The maximum absolute atomic E-state index is 13.6. The number of imidazole rings is 1. The minimum atomic E-state index is -4.53. The number of halogens is 4. The fourth-order valence-electron chi connectivity index (χ4n) is 4.36. The molecule has 1 atom stereocenters. The quantitative estimate of drug-likeness (QED) is 0.530. The topological polar surface area (TPSA) is 66.8 Å². The molecule has 2 aliphatic rings. The maximum Gasteiger partial charge on any atom is 0.434 e. The molecule has 1 aliphatic carbocycles. The fourth-order valence-corrected chi connectivity index (χ4v) is 4.36. The molecular weight excluding hydrogens is 424 g/mol. The first-order valence-corrected chi connectivity index (χ1v) is 10.2. The van der Waals surface area contributed by atoms with Crippen molar-refractivity contribution in [1.82, 2.24) is 30.9 Å². The summed E-state index contributed by atoms with van der Waals surface area (Å²) in [5, 5.41) is 0. The van der Waals surface area contributed by atoms with Crippen LogP contribution < -0.4 is 16.4 Å². The van der Waals surface area contributed by atoms with Crippen molar-refractivity contribution in [3.8, 4) is 11.4 Å². The van der Waals surface area contributed by atoms with E-state index in [0.29, 0.717) is 23.5 Å². The number of hydrogen-bond acceptors (Lipinski definition) is 5. The van der Waals surface area contributed by atoms with E-state index in [0.717, 1.165) is 30.4 Å². The standard InChI is InChI=1S/C22H20F4N6/c23-16-4-5-17-13(8-16)2-1-3-15(17)10-32-11-19(28-12-32)18-9-14(6-7-27-18)20-21(22(24,25)26)30-31-29-20/h4-9,11-12,15,29-31H,1-3,10H2. The molecule has 6 nitrogen and oxygen atoms in total. The van der Waals surface area contributed by atoms with Gasteiger partial charge in [0.15, 0.2) is 5.70 Å². The summed E-state index contributed by atoms with van der Waals surface area (Å²) in [6.45, 7) is 0.685. The van der Waals surface area contributed by atoms with Gasteiger partial charge in [-0.15, -0.1) is 5.53 Å². The Balaban J connectivity index is 1.39. The molecule has 3 aromatic rings. The number of nitrogens with one attached hydrogen (secondary N) is 3. The van der Waals surface area contributed by atoms with Crippen LogP contribution in [0.1, 0.15) is 35.4 Å². The zero-order valence-corrected chi connectivity index (χ0v) is 16.9. The van der Waals surface area contributed by atoms with Crippen molar-refractivity contribution in [3.63, 3.8) is 0 Å². The predicted molar refractivity (Wildman–Crippen MR) is 110 cm³/mol. The third-order valence-corrected chi connectivity index (χ3v) is 5.83. The van der Waals surface area contributed by atoms with Crippen molar-refractivity contribution in [1.29, 1.82) is 0 Å². The number of nitrogens with zero attached hydrogens (tertiary/aromatic N) is 3. The van der Waals surface area contributed by atoms with Crippen molar-refractivity contribution >= 4 is 5.70 Å². The van der Waals surface area contributed by atoms with Gasteiger partial charge in [-0.05, 0) is 54.7 Å². The molecular formula is C22H20F4N6. The largest absolute Gasteiger partial charge is 0.434 e. The van der Waals surface area contributed by atoms with Gasteiger partial charge in [0.25, 0.3) is 0 Å². The van der Waals surface area contributed by atoms with Gasteiger partial charge in [-0.2, -0.15) is 13.2 Å². The summed E-state index contributed by atoms with van der Waals surface area (Å²) >= 11 is 0. The number of allylic oxidation sites excluding steroid dienone is 1. The Labute approximate surface area is 181 Å². The van der Waals surface area contributed by atoms with Crippen LogP contribution in [0.2, 0.25) is 0 Å². The van der Waals surface area contributed by atoms with Gasteiger partial charge in [0.2, 0.25) is 0 Å². The van der Waals surface area contributed by atoms with E-state index in [9.17, 15) is 17.6 Å². The molecule has 0 saturated carbocycles. The van der Waals surface area contributed by atoms with Crippen LogP contribution in [0, 0.1) is 5.82 Å². The highest BCUT2D eigenvalue weighted by atomic mass is 19.4. The van der Waals surface area contributed by atoms with E-state index in [1.165, 1.54) is 18.3 Å². The van der Waals surface area contributed by atoms with Crippen LogP contribution in [0.15, 0.2) is 54.7 Å². The lowest BCUT2D eigenvalue weighted by atomic mass is 9.82. The Morgan fingerprint density at radius 2 is 1.94 bits per heavy atom.